The van der Waals surface area contributed by atoms with Crippen molar-refractivity contribution >= 4 is 5.97 Å². The van der Waals surface area contributed by atoms with Crippen LogP contribution in [-0.2, 0) is 31.2 Å². The maximum atomic E-state index is 15.0. The van der Waals surface area contributed by atoms with Crippen LogP contribution in [0.5, 0.6) is 0 Å². The summed E-state index contributed by atoms with van der Waals surface area (Å²) in [5.74, 6) is 0.997. The Morgan fingerprint density at radius 1 is 0.754 bits per heavy atom. The summed E-state index contributed by atoms with van der Waals surface area (Å²) in [5, 5.41) is 12.9. The third-order valence-corrected chi connectivity index (χ3v) is 18.2. The van der Waals surface area contributed by atoms with Crippen molar-refractivity contribution < 1.29 is 24.1 Å². The highest BCUT2D eigenvalue weighted by Crippen LogP contribution is 2.75. The van der Waals surface area contributed by atoms with E-state index in [1.165, 1.54) is 5.57 Å². The fourth-order valence-electron chi connectivity index (χ4n) is 14.4. The summed E-state index contributed by atoms with van der Waals surface area (Å²) < 4.78 is 21.0. The maximum absolute atomic E-state index is 15.0. The van der Waals surface area contributed by atoms with E-state index in [1.54, 1.807) is 0 Å². The standard InChI is InChI=1S/C56H68O5/c1-38(2)39(3)51(4)32-33-53(6)44-28-29-47-52(5)36-59-37-55(47,45(44)30-31-54(53,7)48(51)50(58)60-35-40-20-12-8-13-21-40)34-46(49(52)57)61-56(41-22-14-9-15-23-41,42-24-16-10-17-25-42)43-26-18-11-19-27-43/h8-27,30,38-39,44,46-49,57H,28-29,31-37H2,1-7H3/t39-,44+,46-,47?,48-,49+,51-,52+,53-,54+,55+/m1/s1. The summed E-state index contributed by atoms with van der Waals surface area (Å²) in [5.41, 5.74) is 3.18. The zero-order valence-corrected chi connectivity index (χ0v) is 37.6. The molecule has 0 aromatic heterocycles. The molecule has 3 saturated carbocycles. The quantitative estimate of drug-likeness (QED) is 0.0981. The van der Waals surface area contributed by atoms with E-state index in [0.29, 0.717) is 38.1 Å². The van der Waals surface area contributed by atoms with Crippen molar-refractivity contribution in [1.29, 1.82) is 0 Å². The van der Waals surface area contributed by atoms with Gasteiger partial charge in [-0.3, -0.25) is 4.79 Å². The van der Waals surface area contributed by atoms with Crippen LogP contribution in [0.2, 0.25) is 0 Å². The molecule has 2 bridgehead atoms. The van der Waals surface area contributed by atoms with E-state index in [0.717, 1.165) is 54.4 Å². The number of fused-ring (bicyclic) bond motifs is 3. The highest BCUT2D eigenvalue weighted by Gasteiger charge is 2.72. The third kappa shape index (κ3) is 6.37. The molecule has 1 aliphatic heterocycles. The number of aliphatic hydroxyl groups excluding tert-OH is 1. The first-order valence-electron chi connectivity index (χ1n) is 23.3. The minimum Gasteiger partial charge on any atom is -0.461 e. The van der Waals surface area contributed by atoms with E-state index in [2.05, 4.69) is 146 Å². The SMILES string of the molecule is CC(C)[C@@H](C)[C@@]1(C)CC[C@]2(C)[C@H]3CCC4[C@@]5(COC[C@]4(C)[C@@H](O)[C@H](OC(c4ccccc4)(c4ccccc4)c4ccccc4)C5)C3=CC[C@@]2(C)[C@@H]1C(=O)OCc1ccccc1. The van der Waals surface area contributed by atoms with Crippen LogP contribution in [-0.4, -0.2) is 36.5 Å². The van der Waals surface area contributed by atoms with Crippen LogP contribution < -0.4 is 0 Å². The lowest BCUT2D eigenvalue weighted by Gasteiger charge is -2.71. The molecule has 1 unspecified atom stereocenters. The number of hydrogen-bond acceptors (Lipinski definition) is 5. The monoisotopic (exact) mass is 821 g/mol. The van der Waals surface area contributed by atoms with E-state index >= 15 is 0 Å². The number of carbonyl (C=O) groups excluding carboxylic acids is 1. The molecule has 5 heteroatoms. The van der Waals surface area contributed by atoms with E-state index in [9.17, 15) is 9.90 Å². The Hall–Kier alpha value is -4.03. The number of benzene rings is 4. The molecule has 4 aromatic carbocycles. The zero-order chi connectivity index (χ0) is 42.8. The zero-order valence-electron chi connectivity index (χ0n) is 37.6. The molecule has 322 valence electrons. The molecule has 5 aliphatic rings. The molecule has 4 aliphatic carbocycles. The van der Waals surface area contributed by atoms with Crippen molar-refractivity contribution in [2.24, 2.45) is 56.7 Å². The van der Waals surface area contributed by atoms with E-state index in [-0.39, 0.29) is 45.4 Å². The smallest absolute Gasteiger partial charge is 0.310 e. The molecule has 9 rings (SSSR count). The highest BCUT2D eigenvalue weighted by molar-refractivity contribution is 5.75. The van der Waals surface area contributed by atoms with Crippen LogP contribution in [0.4, 0.5) is 0 Å². The van der Waals surface area contributed by atoms with Gasteiger partial charge in [0.2, 0.25) is 0 Å². The van der Waals surface area contributed by atoms with Gasteiger partial charge in [-0.05, 0) is 101 Å². The van der Waals surface area contributed by atoms with Gasteiger partial charge in [0.15, 0.2) is 0 Å². The summed E-state index contributed by atoms with van der Waals surface area (Å²) in [4.78, 5) is 15.0. The first-order chi connectivity index (χ1) is 29.2. The van der Waals surface area contributed by atoms with Crippen LogP contribution in [0.3, 0.4) is 0 Å². The van der Waals surface area contributed by atoms with Gasteiger partial charge < -0.3 is 19.3 Å². The van der Waals surface area contributed by atoms with Gasteiger partial charge in [-0.15, -0.1) is 0 Å². The van der Waals surface area contributed by atoms with Crippen molar-refractivity contribution in [3.05, 3.63) is 155 Å². The minimum atomic E-state index is -0.960. The van der Waals surface area contributed by atoms with Crippen molar-refractivity contribution in [3.63, 3.8) is 0 Å². The average Bonchev–Trinajstić information content (AvgIpc) is 3.28. The molecule has 1 heterocycles. The van der Waals surface area contributed by atoms with E-state index in [1.807, 2.05) is 30.3 Å². The second kappa shape index (κ2) is 15.6. The molecule has 0 radical (unpaired) electrons. The molecule has 1 saturated heterocycles. The van der Waals surface area contributed by atoms with Crippen LogP contribution >= 0.6 is 0 Å². The fourth-order valence-corrected chi connectivity index (χ4v) is 14.4. The predicted molar refractivity (Wildman–Crippen MR) is 242 cm³/mol. The number of rotatable bonds is 10. The summed E-state index contributed by atoms with van der Waals surface area (Å²) in [7, 11) is 0. The molecule has 4 aromatic rings. The van der Waals surface area contributed by atoms with Crippen molar-refractivity contribution in [1.82, 2.24) is 0 Å². The summed E-state index contributed by atoms with van der Waals surface area (Å²) in [6.45, 7) is 18.1. The van der Waals surface area contributed by atoms with Gasteiger partial charge in [0, 0.05) is 10.8 Å². The van der Waals surface area contributed by atoms with Crippen LogP contribution in [0.1, 0.15) is 109 Å². The molecular weight excluding hydrogens is 753 g/mol. The normalized spacial score (nSPS) is 36.1. The van der Waals surface area contributed by atoms with Crippen molar-refractivity contribution in [3.8, 4) is 0 Å². The largest absolute Gasteiger partial charge is 0.461 e. The topological polar surface area (TPSA) is 65.0 Å². The van der Waals surface area contributed by atoms with Crippen LogP contribution in [0, 0.1) is 56.7 Å². The molecule has 61 heavy (non-hydrogen) atoms. The highest BCUT2D eigenvalue weighted by atomic mass is 16.5. The minimum absolute atomic E-state index is 0.0436. The molecule has 1 N–H and O–H groups in total. The molecule has 5 nitrogen and oxygen atoms in total. The first-order valence-corrected chi connectivity index (χ1v) is 23.3. The summed E-state index contributed by atoms with van der Waals surface area (Å²) >= 11 is 0. The molecular formula is C56H68O5. The Labute approximate surface area is 365 Å². The lowest BCUT2D eigenvalue weighted by Crippen LogP contribution is -2.70. The Bertz CT molecular complexity index is 2110. The molecule has 0 spiro atoms. The molecule has 4 fully saturated rings. The van der Waals surface area contributed by atoms with Gasteiger partial charge in [-0.1, -0.05) is 181 Å². The number of esters is 1. The van der Waals surface area contributed by atoms with Gasteiger partial charge in [0.05, 0.1) is 31.3 Å². The first kappa shape index (κ1) is 42.3. The maximum Gasteiger partial charge on any atom is 0.310 e. The summed E-state index contributed by atoms with van der Waals surface area (Å²) in [6.07, 6.45) is 6.94. The number of allylic oxidation sites excluding steroid dienone is 1. The van der Waals surface area contributed by atoms with Gasteiger partial charge in [0.1, 0.15) is 12.2 Å². The number of hydrogen-bond donors (Lipinski definition) is 1. The number of ether oxygens (including phenoxy) is 3. The van der Waals surface area contributed by atoms with Gasteiger partial charge in [0.25, 0.3) is 0 Å². The average molecular weight is 821 g/mol. The second-order valence-corrected chi connectivity index (χ2v) is 21.2. The Morgan fingerprint density at radius 2 is 1.31 bits per heavy atom. The summed E-state index contributed by atoms with van der Waals surface area (Å²) in [6, 6.07) is 41.9. The third-order valence-electron chi connectivity index (χ3n) is 18.2. The number of aliphatic hydroxyl groups is 1. The number of carbonyl (C=O) groups is 1. The van der Waals surface area contributed by atoms with Crippen LogP contribution in [0.15, 0.2) is 133 Å². The molecule has 0 amide bonds. The van der Waals surface area contributed by atoms with Crippen molar-refractivity contribution in [2.75, 3.05) is 13.2 Å². The Morgan fingerprint density at radius 3 is 1.87 bits per heavy atom. The Balaban J connectivity index is 1.14. The predicted octanol–water partition coefficient (Wildman–Crippen LogP) is 12.0. The van der Waals surface area contributed by atoms with Gasteiger partial charge in [-0.2, -0.15) is 0 Å². The van der Waals surface area contributed by atoms with Crippen molar-refractivity contribution in [2.45, 2.75) is 111 Å². The van der Waals surface area contributed by atoms with Gasteiger partial charge >= 0.3 is 5.97 Å². The van der Waals surface area contributed by atoms with Crippen LogP contribution in [0.25, 0.3) is 0 Å². The Kier molecular flexibility index (Phi) is 10.8. The van der Waals surface area contributed by atoms with Gasteiger partial charge in [-0.25, -0.2) is 0 Å². The fraction of sp³-hybridized carbons (Fsp3) is 0.518. The lowest BCUT2D eigenvalue weighted by molar-refractivity contribution is -0.271. The van der Waals surface area contributed by atoms with E-state index in [4.69, 9.17) is 14.2 Å². The lowest BCUT2D eigenvalue weighted by atomic mass is 9.34. The van der Waals surface area contributed by atoms with E-state index < -0.39 is 23.2 Å². The molecule has 11 atom stereocenters. The second-order valence-electron chi connectivity index (χ2n) is 21.2.